The number of nitro benzene ring substituents is 1. The van der Waals surface area contributed by atoms with E-state index < -0.39 is 22.0 Å². The molecule has 0 spiro atoms. The number of aliphatic carboxylic acids is 1. The SMILES string of the molecule is CC1(N)C=CC2=C(C=C1)C(C)(C)Oc1ccc([N+](=O)[O-])cc1/C=C\CCC2CCCCCC(=O)O. The lowest BCUT2D eigenvalue weighted by atomic mass is 9.81. The van der Waals surface area contributed by atoms with Crippen molar-refractivity contribution in [2.75, 3.05) is 0 Å². The van der Waals surface area contributed by atoms with Crippen LogP contribution in [0.2, 0.25) is 0 Å². The van der Waals surface area contributed by atoms with E-state index in [1.807, 2.05) is 45.1 Å². The van der Waals surface area contributed by atoms with Gasteiger partial charge in [0.15, 0.2) is 0 Å². The molecule has 3 N–H and O–H groups in total. The van der Waals surface area contributed by atoms with E-state index >= 15 is 0 Å². The monoisotopic (exact) mass is 480 g/mol. The van der Waals surface area contributed by atoms with E-state index in [1.165, 1.54) is 11.6 Å². The van der Waals surface area contributed by atoms with Crippen LogP contribution in [-0.4, -0.2) is 27.1 Å². The molecular weight excluding hydrogens is 444 g/mol. The number of non-ortho nitro benzene ring substituents is 1. The smallest absolute Gasteiger partial charge is 0.303 e. The Bertz CT molecular complexity index is 1080. The predicted molar refractivity (Wildman–Crippen MR) is 138 cm³/mol. The van der Waals surface area contributed by atoms with Crippen molar-refractivity contribution in [2.45, 2.75) is 76.9 Å². The molecule has 2 aliphatic rings. The molecule has 0 amide bonds. The quantitative estimate of drug-likeness (QED) is 0.267. The van der Waals surface area contributed by atoms with Gasteiger partial charge >= 0.3 is 5.97 Å². The molecule has 7 nitrogen and oxygen atoms in total. The first kappa shape index (κ1) is 26.4. The molecule has 2 unspecified atom stereocenters. The van der Waals surface area contributed by atoms with Crippen LogP contribution in [0, 0.1) is 16.0 Å². The van der Waals surface area contributed by atoms with Gasteiger partial charge in [-0.2, -0.15) is 0 Å². The van der Waals surface area contributed by atoms with E-state index in [1.54, 1.807) is 12.1 Å². The fourth-order valence-electron chi connectivity index (χ4n) is 4.69. The predicted octanol–water partition coefficient (Wildman–Crippen LogP) is 6.35. The van der Waals surface area contributed by atoms with Crippen molar-refractivity contribution in [3.8, 4) is 5.75 Å². The Kier molecular flexibility index (Phi) is 8.33. The van der Waals surface area contributed by atoms with Crippen LogP contribution >= 0.6 is 0 Å². The molecular formula is C28H36N2O5. The zero-order valence-electron chi connectivity index (χ0n) is 20.8. The zero-order chi connectivity index (χ0) is 25.6. The zero-order valence-corrected chi connectivity index (χ0v) is 20.8. The number of unbranched alkanes of at least 4 members (excludes halogenated alkanes) is 2. The second kappa shape index (κ2) is 11.0. The molecule has 35 heavy (non-hydrogen) atoms. The summed E-state index contributed by atoms with van der Waals surface area (Å²) in [7, 11) is 0. The lowest BCUT2D eigenvalue weighted by Crippen LogP contribution is -2.33. The number of benzene rings is 1. The first-order valence-corrected chi connectivity index (χ1v) is 12.3. The molecule has 0 saturated heterocycles. The number of ether oxygens (including phenoxy) is 1. The largest absolute Gasteiger partial charge is 0.483 e. The Morgan fingerprint density at radius 2 is 1.91 bits per heavy atom. The topological polar surface area (TPSA) is 116 Å². The molecule has 1 aromatic rings. The number of carboxylic acids is 1. The third-order valence-corrected chi connectivity index (χ3v) is 6.62. The average Bonchev–Trinajstić information content (AvgIpc) is 2.94. The third-order valence-electron chi connectivity index (χ3n) is 6.62. The normalized spacial score (nSPS) is 24.4. The van der Waals surface area contributed by atoms with Crippen molar-refractivity contribution in [1.29, 1.82) is 0 Å². The summed E-state index contributed by atoms with van der Waals surface area (Å²) >= 11 is 0. The molecule has 1 aromatic carbocycles. The molecule has 1 aliphatic heterocycles. The van der Waals surface area contributed by atoms with Gasteiger partial charge in [0.05, 0.1) is 10.5 Å². The van der Waals surface area contributed by atoms with Gasteiger partial charge in [-0.3, -0.25) is 14.9 Å². The standard InChI is InChI=1S/C28H36N2O5/c1-27(2)24-16-18-28(3,29)17-15-23(24)20(9-5-4-6-12-26(31)32)10-7-8-11-21-19-22(30(33)34)13-14-25(21)35-27/h8,11,13-20H,4-7,9-10,12,29H2,1-3H3,(H,31,32)/b11-8-. The summed E-state index contributed by atoms with van der Waals surface area (Å²) in [6.45, 7) is 5.97. The summed E-state index contributed by atoms with van der Waals surface area (Å²) < 4.78 is 6.54. The Morgan fingerprint density at radius 3 is 2.63 bits per heavy atom. The van der Waals surface area contributed by atoms with Gasteiger partial charge in [-0.1, -0.05) is 49.3 Å². The lowest BCUT2D eigenvalue weighted by Gasteiger charge is -2.32. The molecule has 0 aromatic heterocycles. The number of hydrogen-bond donors (Lipinski definition) is 2. The van der Waals surface area contributed by atoms with E-state index in [2.05, 4.69) is 12.2 Å². The highest BCUT2D eigenvalue weighted by atomic mass is 16.6. The van der Waals surface area contributed by atoms with Crippen LogP contribution in [0.4, 0.5) is 5.69 Å². The number of carbonyl (C=O) groups is 1. The van der Waals surface area contributed by atoms with E-state index in [4.69, 9.17) is 15.6 Å². The first-order valence-electron chi connectivity index (χ1n) is 12.3. The number of fused-ring (bicyclic) bond motifs is 1. The molecule has 188 valence electrons. The van der Waals surface area contributed by atoms with E-state index in [0.717, 1.165) is 37.7 Å². The van der Waals surface area contributed by atoms with E-state index in [-0.39, 0.29) is 18.0 Å². The number of allylic oxidation sites excluding steroid dienone is 3. The van der Waals surface area contributed by atoms with Gasteiger partial charge < -0.3 is 15.6 Å². The molecule has 0 saturated carbocycles. The van der Waals surface area contributed by atoms with Crippen molar-refractivity contribution >= 4 is 17.7 Å². The van der Waals surface area contributed by atoms with Gasteiger partial charge in [0.2, 0.25) is 0 Å². The fourth-order valence-corrected chi connectivity index (χ4v) is 4.69. The van der Waals surface area contributed by atoms with E-state index in [0.29, 0.717) is 17.7 Å². The van der Waals surface area contributed by atoms with Crippen LogP contribution in [0.3, 0.4) is 0 Å². The maximum Gasteiger partial charge on any atom is 0.303 e. The number of carboxylic acid groups (broad SMARTS) is 1. The number of rotatable bonds is 7. The number of nitrogens with two attached hydrogens (primary N) is 1. The van der Waals surface area contributed by atoms with Crippen LogP contribution < -0.4 is 10.5 Å². The van der Waals surface area contributed by atoms with Crippen LogP contribution in [-0.2, 0) is 4.79 Å². The molecule has 7 heteroatoms. The number of nitro groups is 1. The van der Waals surface area contributed by atoms with Crippen LogP contribution in [0.25, 0.3) is 6.08 Å². The van der Waals surface area contributed by atoms with Crippen LogP contribution in [0.15, 0.2) is 59.7 Å². The summed E-state index contributed by atoms with van der Waals surface area (Å²) in [5.41, 5.74) is 8.05. The molecule has 1 heterocycles. The molecule has 2 atom stereocenters. The number of nitrogens with zero attached hydrogens (tertiary/aromatic N) is 1. The Morgan fingerprint density at radius 1 is 1.17 bits per heavy atom. The van der Waals surface area contributed by atoms with Crippen molar-refractivity contribution in [2.24, 2.45) is 11.7 Å². The molecule has 3 rings (SSSR count). The Balaban J connectivity index is 2.01. The highest BCUT2D eigenvalue weighted by Gasteiger charge is 2.32. The highest BCUT2D eigenvalue weighted by molar-refractivity contribution is 5.66. The summed E-state index contributed by atoms with van der Waals surface area (Å²) in [6, 6.07) is 4.69. The van der Waals surface area contributed by atoms with Gasteiger partial charge in [-0.15, -0.1) is 0 Å². The minimum absolute atomic E-state index is 0.0278. The molecule has 0 radical (unpaired) electrons. The average molecular weight is 481 g/mol. The fraction of sp³-hybridized carbons (Fsp3) is 0.464. The van der Waals surface area contributed by atoms with Crippen molar-refractivity contribution < 1.29 is 19.6 Å². The summed E-state index contributed by atoms with van der Waals surface area (Å²) in [5.74, 6) is 0.0773. The van der Waals surface area contributed by atoms with Crippen molar-refractivity contribution in [3.05, 3.63) is 75.4 Å². The van der Waals surface area contributed by atoms with Gasteiger partial charge in [-0.05, 0) is 69.6 Å². The van der Waals surface area contributed by atoms with Crippen molar-refractivity contribution in [1.82, 2.24) is 0 Å². The maximum absolute atomic E-state index is 11.3. The highest BCUT2D eigenvalue weighted by Crippen LogP contribution is 2.39. The minimum Gasteiger partial charge on any atom is -0.483 e. The summed E-state index contributed by atoms with van der Waals surface area (Å²) in [4.78, 5) is 21.8. The second-order valence-electron chi connectivity index (χ2n) is 10.2. The van der Waals surface area contributed by atoms with Crippen LogP contribution in [0.5, 0.6) is 5.75 Å². The third kappa shape index (κ3) is 7.15. The van der Waals surface area contributed by atoms with Crippen LogP contribution in [0.1, 0.15) is 71.3 Å². The van der Waals surface area contributed by atoms with Gasteiger partial charge in [0.25, 0.3) is 5.69 Å². The maximum atomic E-state index is 11.3. The lowest BCUT2D eigenvalue weighted by molar-refractivity contribution is -0.384. The second-order valence-corrected chi connectivity index (χ2v) is 10.2. The number of hydrogen-bond acceptors (Lipinski definition) is 5. The van der Waals surface area contributed by atoms with Gasteiger partial charge in [0.1, 0.15) is 11.4 Å². The molecule has 0 fully saturated rings. The Hall–Kier alpha value is -3.19. The Labute approximate surface area is 207 Å². The molecule has 0 bridgehead atoms. The summed E-state index contributed by atoms with van der Waals surface area (Å²) in [6.07, 6.45) is 17.4. The first-order chi connectivity index (χ1) is 16.5. The van der Waals surface area contributed by atoms with Gasteiger partial charge in [-0.25, -0.2) is 0 Å². The van der Waals surface area contributed by atoms with Gasteiger partial charge in [0, 0.05) is 24.1 Å². The minimum atomic E-state index is -0.757. The summed E-state index contributed by atoms with van der Waals surface area (Å²) in [5, 5.41) is 20.3. The molecule has 1 aliphatic carbocycles. The van der Waals surface area contributed by atoms with Crippen molar-refractivity contribution in [3.63, 3.8) is 0 Å². The van der Waals surface area contributed by atoms with E-state index in [9.17, 15) is 14.9 Å².